The van der Waals surface area contributed by atoms with Crippen molar-refractivity contribution in [1.29, 1.82) is 0 Å². The number of carbonyl (C=O) groups is 1. The van der Waals surface area contributed by atoms with Crippen molar-refractivity contribution in [2.75, 3.05) is 0 Å². The van der Waals surface area contributed by atoms with Gasteiger partial charge in [-0.1, -0.05) is 6.92 Å². The Kier molecular flexibility index (Phi) is 4.34. The van der Waals surface area contributed by atoms with E-state index in [0.717, 1.165) is 0 Å². The monoisotopic (exact) mass is 328 g/mol. The van der Waals surface area contributed by atoms with Gasteiger partial charge in [-0.25, -0.2) is 8.42 Å². The van der Waals surface area contributed by atoms with E-state index in [1.54, 1.807) is 19.1 Å². The van der Waals surface area contributed by atoms with Crippen LogP contribution in [0.3, 0.4) is 0 Å². The number of amides is 1. The van der Waals surface area contributed by atoms with Crippen LogP contribution in [0.15, 0.2) is 35.4 Å². The molecule has 8 heteroatoms. The van der Waals surface area contributed by atoms with Crippen molar-refractivity contribution in [2.45, 2.75) is 24.3 Å². The fraction of sp³-hybridized carbons (Fsp3) is 0.231. The first-order chi connectivity index (χ1) is 9.84. The number of ether oxygens (including phenoxy) is 1. The van der Waals surface area contributed by atoms with Crippen molar-refractivity contribution in [2.24, 2.45) is 5.73 Å². The average Bonchev–Trinajstić information content (AvgIpc) is 2.42. The van der Waals surface area contributed by atoms with E-state index in [2.05, 4.69) is 4.98 Å². The Labute approximate surface area is 126 Å². The molecule has 1 unspecified atom stereocenters. The molecule has 6 nitrogen and oxygen atoms in total. The molecule has 0 aliphatic carbocycles. The number of fused-ring (bicyclic) bond motifs is 1. The van der Waals surface area contributed by atoms with Gasteiger partial charge in [-0.05, 0) is 30.7 Å². The van der Waals surface area contributed by atoms with Gasteiger partial charge in [0, 0.05) is 22.3 Å². The molecule has 1 aromatic heterocycles. The summed E-state index contributed by atoms with van der Waals surface area (Å²) in [5, 5.41) is 0.443. The smallest absolute Gasteiger partial charge is 0.263 e. The van der Waals surface area contributed by atoms with Crippen molar-refractivity contribution in [3.05, 3.63) is 30.5 Å². The number of benzene rings is 1. The molecule has 2 aromatic rings. The molecule has 2 rings (SSSR count). The van der Waals surface area contributed by atoms with Gasteiger partial charge in [0.25, 0.3) is 15.0 Å². The third-order valence-corrected chi connectivity index (χ3v) is 4.27. The van der Waals surface area contributed by atoms with Gasteiger partial charge in [0.2, 0.25) is 0 Å². The van der Waals surface area contributed by atoms with E-state index < -0.39 is 21.1 Å². The van der Waals surface area contributed by atoms with Gasteiger partial charge in [0.05, 0.1) is 5.52 Å². The van der Waals surface area contributed by atoms with Crippen LogP contribution in [0.4, 0.5) is 0 Å². The van der Waals surface area contributed by atoms with Crippen LogP contribution in [0.1, 0.15) is 13.3 Å². The van der Waals surface area contributed by atoms with Crippen LogP contribution in [0.5, 0.6) is 5.75 Å². The van der Waals surface area contributed by atoms with Crippen molar-refractivity contribution in [3.8, 4) is 5.75 Å². The number of halogens is 1. The molecule has 112 valence electrons. The molecule has 0 aliphatic rings. The number of hydrogen-bond donors (Lipinski definition) is 1. The number of hydrogen-bond acceptors (Lipinski definition) is 5. The van der Waals surface area contributed by atoms with Crippen LogP contribution in [0.2, 0.25) is 0 Å². The zero-order valence-electron chi connectivity index (χ0n) is 11.1. The first-order valence-corrected chi connectivity index (χ1v) is 8.44. The van der Waals surface area contributed by atoms with Gasteiger partial charge in [-0.2, -0.15) is 0 Å². The summed E-state index contributed by atoms with van der Waals surface area (Å²) in [6.07, 6.45) is 1.04. The van der Waals surface area contributed by atoms with E-state index in [-0.39, 0.29) is 10.4 Å². The predicted octanol–water partition coefficient (Wildman–Crippen LogP) is 1.80. The molecule has 21 heavy (non-hydrogen) atoms. The molecule has 1 atom stereocenters. The van der Waals surface area contributed by atoms with Crippen LogP contribution in [-0.4, -0.2) is 25.4 Å². The third kappa shape index (κ3) is 3.25. The van der Waals surface area contributed by atoms with Crippen molar-refractivity contribution in [1.82, 2.24) is 4.98 Å². The number of pyridine rings is 1. The molecule has 0 radical (unpaired) electrons. The lowest BCUT2D eigenvalue weighted by atomic mass is 10.2. The molecule has 0 saturated carbocycles. The van der Waals surface area contributed by atoms with Crippen LogP contribution in [-0.2, 0) is 13.8 Å². The van der Waals surface area contributed by atoms with Crippen LogP contribution in [0.25, 0.3) is 10.9 Å². The summed E-state index contributed by atoms with van der Waals surface area (Å²) in [6.45, 7) is 1.76. The number of rotatable bonds is 5. The lowest BCUT2D eigenvalue weighted by Gasteiger charge is -2.16. The third-order valence-electron chi connectivity index (χ3n) is 2.91. The SMILES string of the molecule is CCC(Oc1ccc(S(=O)(=O)Cl)c2ncccc12)C(N)=O. The molecule has 1 heterocycles. The second-order valence-corrected chi connectivity index (χ2v) is 6.85. The van der Waals surface area contributed by atoms with Crippen molar-refractivity contribution in [3.63, 3.8) is 0 Å². The zero-order valence-corrected chi connectivity index (χ0v) is 12.7. The fourth-order valence-electron chi connectivity index (χ4n) is 1.92. The minimum absolute atomic E-state index is 0.112. The highest BCUT2D eigenvalue weighted by molar-refractivity contribution is 8.14. The maximum Gasteiger partial charge on any atom is 0.263 e. The first kappa shape index (κ1) is 15.5. The quantitative estimate of drug-likeness (QED) is 0.844. The molecule has 2 N–H and O–H groups in total. The molecule has 0 fully saturated rings. The molecule has 1 amide bonds. The first-order valence-electron chi connectivity index (χ1n) is 6.13. The van der Waals surface area contributed by atoms with Crippen LogP contribution >= 0.6 is 10.7 Å². The summed E-state index contributed by atoms with van der Waals surface area (Å²) in [4.78, 5) is 15.2. The normalized spacial score (nSPS) is 13.0. The molecule has 0 spiro atoms. The van der Waals surface area contributed by atoms with E-state index in [9.17, 15) is 13.2 Å². The Morgan fingerprint density at radius 3 is 2.71 bits per heavy atom. The largest absolute Gasteiger partial charge is 0.480 e. The van der Waals surface area contributed by atoms with Gasteiger partial charge >= 0.3 is 0 Å². The summed E-state index contributed by atoms with van der Waals surface area (Å²) in [5.74, 6) is -0.267. The fourth-order valence-corrected chi connectivity index (χ4v) is 2.91. The summed E-state index contributed by atoms with van der Waals surface area (Å²) >= 11 is 0. The van der Waals surface area contributed by atoms with Crippen molar-refractivity contribution < 1.29 is 17.9 Å². The standard InChI is InChI=1S/C13H13ClN2O4S/c1-2-9(13(15)17)20-10-5-6-11(21(14,18)19)12-8(10)4-3-7-16-12/h3-7,9H,2H2,1H3,(H2,15,17). The topological polar surface area (TPSA) is 99.3 Å². The molecule has 1 aromatic carbocycles. The Morgan fingerprint density at radius 1 is 1.43 bits per heavy atom. The Bertz CT molecular complexity index is 792. The van der Waals surface area contributed by atoms with E-state index in [1.807, 2.05) is 0 Å². The second-order valence-electron chi connectivity index (χ2n) is 4.32. The number of aromatic nitrogens is 1. The van der Waals surface area contributed by atoms with Gasteiger partial charge in [-0.3, -0.25) is 9.78 Å². The molecular weight excluding hydrogens is 316 g/mol. The summed E-state index contributed by atoms with van der Waals surface area (Å²) in [5.41, 5.74) is 5.43. The lowest BCUT2D eigenvalue weighted by Crippen LogP contribution is -2.33. The highest BCUT2D eigenvalue weighted by Gasteiger charge is 2.20. The van der Waals surface area contributed by atoms with Crippen LogP contribution in [0, 0.1) is 0 Å². The minimum Gasteiger partial charge on any atom is -0.480 e. The number of nitrogens with two attached hydrogens (primary N) is 1. The van der Waals surface area contributed by atoms with Gasteiger partial charge in [0.15, 0.2) is 6.10 Å². The lowest BCUT2D eigenvalue weighted by molar-refractivity contribution is -0.124. The van der Waals surface area contributed by atoms with E-state index in [4.69, 9.17) is 21.2 Å². The van der Waals surface area contributed by atoms with E-state index >= 15 is 0 Å². The second kappa shape index (κ2) is 5.87. The molecule has 0 aliphatic heterocycles. The van der Waals surface area contributed by atoms with E-state index in [0.29, 0.717) is 17.6 Å². The van der Waals surface area contributed by atoms with Crippen molar-refractivity contribution >= 4 is 36.5 Å². The van der Waals surface area contributed by atoms with Gasteiger partial charge < -0.3 is 10.5 Å². The Morgan fingerprint density at radius 2 is 2.14 bits per heavy atom. The molecule has 0 bridgehead atoms. The average molecular weight is 329 g/mol. The Hall–Kier alpha value is -1.86. The summed E-state index contributed by atoms with van der Waals surface area (Å²) in [7, 11) is 1.46. The minimum atomic E-state index is -3.93. The Balaban J connectivity index is 2.61. The maximum absolute atomic E-state index is 11.6. The highest BCUT2D eigenvalue weighted by atomic mass is 35.7. The van der Waals surface area contributed by atoms with Gasteiger partial charge in [0.1, 0.15) is 10.6 Å². The zero-order chi connectivity index (χ0) is 15.6. The predicted molar refractivity (Wildman–Crippen MR) is 78.7 cm³/mol. The number of nitrogens with zero attached hydrogens (tertiary/aromatic N) is 1. The van der Waals surface area contributed by atoms with Gasteiger partial charge in [-0.15, -0.1) is 0 Å². The highest BCUT2D eigenvalue weighted by Crippen LogP contribution is 2.31. The van der Waals surface area contributed by atoms with E-state index in [1.165, 1.54) is 18.3 Å². The van der Waals surface area contributed by atoms with Crippen LogP contribution < -0.4 is 10.5 Å². The maximum atomic E-state index is 11.6. The molecular formula is C13H13ClN2O4S. The summed E-state index contributed by atoms with van der Waals surface area (Å²) in [6, 6.07) is 5.99. The number of carbonyl (C=O) groups excluding carboxylic acids is 1. The molecule has 0 saturated heterocycles. The number of primary amides is 1. The summed E-state index contributed by atoms with van der Waals surface area (Å²) < 4.78 is 28.7.